The van der Waals surface area contributed by atoms with Crippen LogP contribution in [0.2, 0.25) is 0 Å². The van der Waals surface area contributed by atoms with Crippen molar-refractivity contribution in [3.8, 4) is 0 Å². The smallest absolute Gasteiger partial charge is 0.193 e. The summed E-state index contributed by atoms with van der Waals surface area (Å²) in [6.45, 7) is 1.60. The second kappa shape index (κ2) is 5.35. The van der Waals surface area contributed by atoms with E-state index in [1.165, 1.54) is 6.08 Å². The van der Waals surface area contributed by atoms with Crippen LogP contribution < -0.4 is 0 Å². The van der Waals surface area contributed by atoms with E-state index in [9.17, 15) is 14.7 Å². The Bertz CT molecular complexity index is 747. The van der Waals surface area contributed by atoms with Gasteiger partial charge >= 0.3 is 0 Å². The Balaban J connectivity index is 2.11. The summed E-state index contributed by atoms with van der Waals surface area (Å²) < 4.78 is 0. The minimum atomic E-state index is -1.80. The van der Waals surface area contributed by atoms with Crippen LogP contribution in [0.3, 0.4) is 0 Å². The number of hydrogen-bond acceptors (Lipinski definition) is 3. The van der Waals surface area contributed by atoms with Crippen molar-refractivity contribution in [3.63, 3.8) is 0 Å². The average molecular weight is 292 g/mol. The number of rotatable bonds is 2. The number of ketones is 2. The highest BCUT2D eigenvalue weighted by Gasteiger charge is 2.49. The summed E-state index contributed by atoms with van der Waals surface area (Å²) >= 11 is 0. The molecule has 0 amide bonds. The van der Waals surface area contributed by atoms with Gasteiger partial charge in [-0.15, -0.1) is 0 Å². The fourth-order valence-electron chi connectivity index (χ4n) is 2.88. The molecule has 2 aromatic carbocycles. The molecule has 0 unspecified atom stereocenters. The van der Waals surface area contributed by atoms with Crippen molar-refractivity contribution < 1.29 is 14.7 Å². The molecule has 3 heteroatoms. The molecule has 0 radical (unpaired) electrons. The summed E-state index contributed by atoms with van der Waals surface area (Å²) in [4.78, 5) is 25.3. The van der Waals surface area contributed by atoms with Crippen LogP contribution in [0.15, 0.2) is 66.7 Å². The number of aliphatic hydroxyl groups is 1. The van der Waals surface area contributed by atoms with Gasteiger partial charge in [-0.3, -0.25) is 9.59 Å². The fourth-order valence-corrected chi connectivity index (χ4v) is 2.88. The summed E-state index contributed by atoms with van der Waals surface area (Å²) in [6, 6.07) is 17.7. The summed E-state index contributed by atoms with van der Waals surface area (Å²) in [5.74, 6) is -1.51. The quantitative estimate of drug-likeness (QED) is 0.926. The van der Waals surface area contributed by atoms with E-state index in [0.717, 1.165) is 0 Å². The molecular weight excluding hydrogens is 276 g/mol. The second-order valence-corrected chi connectivity index (χ2v) is 5.51. The molecule has 3 nitrogen and oxygen atoms in total. The van der Waals surface area contributed by atoms with Gasteiger partial charge in [0, 0.05) is 5.57 Å². The fraction of sp³-hybridized carbons (Fsp3) is 0.158. The van der Waals surface area contributed by atoms with E-state index in [0.29, 0.717) is 16.7 Å². The molecule has 1 aliphatic carbocycles. The van der Waals surface area contributed by atoms with E-state index in [1.807, 2.05) is 18.2 Å². The first-order chi connectivity index (χ1) is 10.5. The van der Waals surface area contributed by atoms with Gasteiger partial charge in [-0.05, 0) is 17.2 Å². The Morgan fingerprint density at radius 3 is 2.05 bits per heavy atom. The van der Waals surface area contributed by atoms with E-state index in [2.05, 4.69) is 0 Å². The summed E-state index contributed by atoms with van der Waals surface area (Å²) in [7, 11) is 0. The van der Waals surface area contributed by atoms with Crippen LogP contribution in [0.5, 0.6) is 0 Å². The van der Waals surface area contributed by atoms with E-state index in [-0.39, 0.29) is 5.78 Å². The monoisotopic (exact) mass is 292 g/mol. The molecule has 0 heterocycles. The summed E-state index contributed by atoms with van der Waals surface area (Å²) in [5.41, 5.74) is -0.290. The molecule has 1 aliphatic rings. The molecule has 0 aromatic heterocycles. The predicted molar refractivity (Wildman–Crippen MR) is 83.9 cm³/mol. The third-order valence-electron chi connectivity index (χ3n) is 4.24. The number of Topliss-reactive ketones (excluding diaryl/α,β-unsaturated/α-hetero) is 1. The molecule has 0 bridgehead atoms. The van der Waals surface area contributed by atoms with E-state index in [4.69, 9.17) is 0 Å². The molecule has 0 spiro atoms. The molecule has 0 saturated carbocycles. The van der Waals surface area contributed by atoms with Gasteiger partial charge in [0.05, 0.1) is 5.92 Å². The maximum absolute atomic E-state index is 12.7. The van der Waals surface area contributed by atoms with Crippen LogP contribution in [-0.4, -0.2) is 16.7 Å². The largest absolute Gasteiger partial charge is 0.376 e. The zero-order valence-electron chi connectivity index (χ0n) is 12.2. The van der Waals surface area contributed by atoms with Crippen LogP contribution in [0.4, 0.5) is 0 Å². The topological polar surface area (TPSA) is 54.4 Å². The van der Waals surface area contributed by atoms with Gasteiger partial charge in [0.25, 0.3) is 0 Å². The number of carbonyl (C=O) groups is 2. The molecule has 110 valence electrons. The van der Waals surface area contributed by atoms with Gasteiger partial charge in [0.1, 0.15) is 0 Å². The first kappa shape index (κ1) is 14.4. The van der Waals surface area contributed by atoms with Crippen molar-refractivity contribution in [2.24, 2.45) is 5.92 Å². The molecule has 1 N–H and O–H groups in total. The SMILES string of the molecule is C[C@@H]1C(=O)C(c2ccccc2)=CC(=O)[C@@]1(O)c1ccccc1. The summed E-state index contributed by atoms with van der Waals surface area (Å²) in [6.07, 6.45) is 1.27. The molecule has 3 rings (SSSR count). The van der Waals surface area contributed by atoms with Gasteiger partial charge < -0.3 is 5.11 Å². The Labute approximate surface area is 128 Å². The Kier molecular flexibility index (Phi) is 3.51. The first-order valence-corrected chi connectivity index (χ1v) is 7.19. The lowest BCUT2D eigenvalue weighted by Crippen LogP contribution is -2.47. The van der Waals surface area contributed by atoms with Gasteiger partial charge in [-0.25, -0.2) is 0 Å². The Morgan fingerprint density at radius 1 is 0.909 bits per heavy atom. The van der Waals surface area contributed by atoms with Crippen molar-refractivity contribution in [2.45, 2.75) is 12.5 Å². The lowest BCUT2D eigenvalue weighted by molar-refractivity contribution is -0.146. The van der Waals surface area contributed by atoms with Crippen molar-refractivity contribution in [1.82, 2.24) is 0 Å². The third-order valence-corrected chi connectivity index (χ3v) is 4.24. The highest BCUT2D eigenvalue weighted by Crippen LogP contribution is 2.39. The minimum absolute atomic E-state index is 0.225. The number of hydrogen-bond donors (Lipinski definition) is 1. The van der Waals surface area contributed by atoms with Gasteiger partial charge in [0.15, 0.2) is 17.2 Å². The minimum Gasteiger partial charge on any atom is -0.376 e. The van der Waals surface area contributed by atoms with Crippen LogP contribution in [0.1, 0.15) is 18.1 Å². The van der Waals surface area contributed by atoms with Gasteiger partial charge in [-0.2, -0.15) is 0 Å². The second-order valence-electron chi connectivity index (χ2n) is 5.51. The standard InChI is InChI=1S/C19H16O3/c1-13-18(21)16(14-8-4-2-5-9-14)12-17(20)19(13,22)15-10-6-3-7-11-15/h2-13,22H,1H3/t13-,19+/m1/s1. The molecule has 0 aliphatic heterocycles. The van der Waals surface area contributed by atoms with Crippen molar-refractivity contribution in [1.29, 1.82) is 0 Å². The third kappa shape index (κ3) is 2.11. The van der Waals surface area contributed by atoms with Crippen LogP contribution in [-0.2, 0) is 15.2 Å². The lowest BCUT2D eigenvalue weighted by Gasteiger charge is -2.35. The zero-order valence-corrected chi connectivity index (χ0v) is 12.2. The zero-order chi connectivity index (χ0) is 15.7. The Morgan fingerprint density at radius 2 is 1.45 bits per heavy atom. The molecule has 0 fully saturated rings. The number of carbonyl (C=O) groups excluding carboxylic acids is 2. The summed E-state index contributed by atoms with van der Waals surface area (Å²) in [5, 5.41) is 10.9. The van der Waals surface area contributed by atoms with Crippen molar-refractivity contribution in [2.75, 3.05) is 0 Å². The predicted octanol–water partition coefficient (Wildman–Crippen LogP) is 2.75. The maximum atomic E-state index is 12.7. The van der Waals surface area contributed by atoms with Gasteiger partial charge in [-0.1, -0.05) is 67.6 Å². The molecule has 2 aromatic rings. The van der Waals surface area contributed by atoms with E-state index in [1.54, 1.807) is 49.4 Å². The van der Waals surface area contributed by atoms with Crippen LogP contribution in [0, 0.1) is 5.92 Å². The highest BCUT2D eigenvalue weighted by molar-refractivity contribution is 6.30. The number of benzene rings is 2. The van der Waals surface area contributed by atoms with Gasteiger partial charge in [0.2, 0.25) is 0 Å². The highest BCUT2D eigenvalue weighted by atomic mass is 16.3. The normalized spacial score (nSPS) is 25.0. The van der Waals surface area contributed by atoms with Crippen molar-refractivity contribution in [3.05, 3.63) is 77.9 Å². The molecule has 22 heavy (non-hydrogen) atoms. The van der Waals surface area contributed by atoms with E-state index < -0.39 is 17.3 Å². The lowest BCUT2D eigenvalue weighted by atomic mass is 9.70. The first-order valence-electron chi connectivity index (χ1n) is 7.19. The average Bonchev–Trinajstić information content (AvgIpc) is 2.58. The number of allylic oxidation sites excluding steroid dienone is 1. The Hall–Kier alpha value is -2.52. The van der Waals surface area contributed by atoms with E-state index >= 15 is 0 Å². The molecule has 2 atom stereocenters. The molecule has 0 saturated heterocycles. The van der Waals surface area contributed by atoms with Crippen LogP contribution >= 0.6 is 0 Å². The maximum Gasteiger partial charge on any atom is 0.193 e. The van der Waals surface area contributed by atoms with Crippen LogP contribution in [0.25, 0.3) is 5.57 Å². The van der Waals surface area contributed by atoms with Crippen molar-refractivity contribution >= 4 is 17.1 Å². The molecular formula is C19H16O3.